The molecule has 0 amide bonds. The molecule has 0 radical (unpaired) electrons. The van der Waals surface area contributed by atoms with E-state index >= 15 is 0 Å². The fourth-order valence-corrected chi connectivity index (χ4v) is 8.96. The zero-order chi connectivity index (χ0) is 27.9. The summed E-state index contributed by atoms with van der Waals surface area (Å²) in [7, 11) is 0. The van der Waals surface area contributed by atoms with Gasteiger partial charge in [0.25, 0.3) is 0 Å². The summed E-state index contributed by atoms with van der Waals surface area (Å²) in [5.74, 6) is -2.44. The Bertz CT molecular complexity index is 1090. The number of hydrogen-bond donors (Lipinski definition) is 4. The number of aliphatic hydroxyl groups excluding tert-OH is 3. The summed E-state index contributed by atoms with van der Waals surface area (Å²) in [5.41, 5.74) is -0.477. The second-order valence-electron chi connectivity index (χ2n) is 13.7. The fourth-order valence-electron chi connectivity index (χ4n) is 8.96. The van der Waals surface area contributed by atoms with Gasteiger partial charge in [-0.3, -0.25) is 14.4 Å². The van der Waals surface area contributed by atoms with E-state index in [9.17, 15) is 29.7 Å². The molecule has 4 N–H and O–H groups in total. The van der Waals surface area contributed by atoms with Crippen LogP contribution in [0.1, 0.15) is 87.0 Å². The second-order valence-corrected chi connectivity index (χ2v) is 13.7. The molecule has 1 unspecified atom stereocenters. The van der Waals surface area contributed by atoms with Crippen molar-refractivity contribution in [3.05, 3.63) is 22.8 Å². The number of rotatable bonds is 5. The van der Waals surface area contributed by atoms with Gasteiger partial charge in [-0.15, -0.1) is 0 Å². The minimum Gasteiger partial charge on any atom is -0.481 e. The first kappa shape index (κ1) is 28.2. The van der Waals surface area contributed by atoms with E-state index in [-0.39, 0.29) is 36.2 Å². The molecule has 37 heavy (non-hydrogen) atoms. The van der Waals surface area contributed by atoms with E-state index in [1.54, 1.807) is 0 Å². The summed E-state index contributed by atoms with van der Waals surface area (Å²) in [5, 5.41) is 43.2. The lowest BCUT2D eigenvalue weighted by Crippen LogP contribution is -2.60. The second kappa shape index (κ2) is 8.85. The van der Waals surface area contributed by atoms with E-state index in [4.69, 9.17) is 5.11 Å². The zero-order valence-corrected chi connectivity index (χ0v) is 23.3. The third-order valence-electron chi connectivity index (χ3n) is 11.4. The zero-order valence-electron chi connectivity index (χ0n) is 23.3. The van der Waals surface area contributed by atoms with Gasteiger partial charge in [0.05, 0.1) is 24.2 Å². The molecule has 7 heteroatoms. The number of Topliss-reactive ketones (excluding diaryl/α,β-unsaturated/α-hetero) is 1. The topological polar surface area (TPSA) is 132 Å². The van der Waals surface area contributed by atoms with Crippen molar-refractivity contribution in [1.29, 1.82) is 0 Å². The molecule has 4 aliphatic rings. The van der Waals surface area contributed by atoms with Crippen molar-refractivity contribution in [1.82, 2.24) is 0 Å². The number of allylic oxidation sites excluding steroid dienone is 3. The molecule has 7 nitrogen and oxygen atoms in total. The van der Waals surface area contributed by atoms with Crippen molar-refractivity contribution < 1.29 is 34.8 Å². The number of aliphatic hydroxyl groups is 3. The highest BCUT2D eigenvalue weighted by molar-refractivity contribution is 6.00. The first-order valence-electron chi connectivity index (χ1n) is 13.7. The van der Waals surface area contributed by atoms with E-state index < -0.39 is 51.9 Å². The molecule has 0 bridgehead atoms. The standard InChI is InChI=1S/C30H44O7/c1-15(10-17(31)11-16(2)26(36)37)18-12-23(35)30(7)25-19(32)13-21-27(3,4)22(34)8-9-28(21,5)24(25)20(33)14-29(18,30)6/h10,16,18-19,21-23,32,34-35H,8-9,11-14H2,1-7H3,(H,36,37)/t16?,18-,19+,21+,22+,23+,28+,29-,30+/m1/s1. The van der Waals surface area contributed by atoms with Crippen LogP contribution in [0.4, 0.5) is 0 Å². The predicted octanol–water partition coefficient (Wildman–Crippen LogP) is 3.84. The van der Waals surface area contributed by atoms with Crippen LogP contribution >= 0.6 is 0 Å². The van der Waals surface area contributed by atoms with Crippen LogP contribution in [0.25, 0.3) is 0 Å². The Morgan fingerprint density at radius 2 is 1.68 bits per heavy atom. The van der Waals surface area contributed by atoms with Crippen LogP contribution < -0.4 is 0 Å². The minimum atomic E-state index is -1.02. The molecule has 4 rings (SSSR count). The summed E-state index contributed by atoms with van der Waals surface area (Å²) in [4.78, 5) is 37.9. The molecular weight excluding hydrogens is 472 g/mol. The Hall–Kier alpha value is -1.83. The molecular formula is C30H44O7. The van der Waals surface area contributed by atoms with E-state index in [1.165, 1.54) is 13.0 Å². The number of ketones is 2. The number of aliphatic carboxylic acids is 1. The molecule has 9 atom stereocenters. The van der Waals surface area contributed by atoms with Gasteiger partial charge in [0.15, 0.2) is 11.6 Å². The van der Waals surface area contributed by atoms with Crippen molar-refractivity contribution in [3.63, 3.8) is 0 Å². The quantitative estimate of drug-likeness (QED) is 0.408. The smallest absolute Gasteiger partial charge is 0.306 e. The average molecular weight is 517 g/mol. The summed E-state index contributed by atoms with van der Waals surface area (Å²) >= 11 is 0. The maximum Gasteiger partial charge on any atom is 0.306 e. The van der Waals surface area contributed by atoms with Crippen LogP contribution in [-0.4, -0.2) is 56.3 Å². The van der Waals surface area contributed by atoms with Gasteiger partial charge >= 0.3 is 5.97 Å². The number of carbonyl (C=O) groups excluding carboxylic acids is 2. The van der Waals surface area contributed by atoms with Gasteiger partial charge < -0.3 is 20.4 Å². The Morgan fingerprint density at radius 1 is 1.05 bits per heavy atom. The Balaban J connectivity index is 1.79. The van der Waals surface area contributed by atoms with Crippen molar-refractivity contribution >= 4 is 17.5 Å². The van der Waals surface area contributed by atoms with E-state index in [0.29, 0.717) is 36.8 Å². The number of carboxylic acid groups (broad SMARTS) is 1. The molecule has 0 aromatic rings. The summed E-state index contributed by atoms with van der Waals surface area (Å²) in [6, 6.07) is 0. The van der Waals surface area contributed by atoms with Crippen LogP contribution in [0.15, 0.2) is 22.8 Å². The third-order valence-corrected chi connectivity index (χ3v) is 11.4. The molecule has 206 valence electrons. The lowest BCUT2D eigenvalue weighted by atomic mass is 9.42. The Morgan fingerprint density at radius 3 is 2.27 bits per heavy atom. The molecule has 4 aliphatic carbocycles. The van der Waals surface area contributed by atoms with Crippen molar-refractivity contribution in [3.8, 4) is 0 Å². The van der Waals surface area contributed by atoms with Crippen LogP contribution in [0.2, 0.25) is 0 Å². The largest absolute Gasteiger partial charge is 0.481 e. The number of hydrogen-bond acceptors (Lipinski definition) is 6. The summed E-state index contributed by atoms with van der Waals surface area (Å²) < 4.78 is 0. The van der Waals surface area contributed by atoms with Crippen molar-refractivity contribution in [2.24, 2.45) is 39.4 Å². The summed E-state index contributed by atoms with van der Waals surface area (Å²) in [6.45, 7) is 13.4. The minimum absolute atomic E-state index is 0.00820. The fraction of sp³-hybridized carbons (Fsp3) is 0.767. The predicted molar refractivity (Wildman–Crippen MR) is 138 cm³/mol. The van der Waals surface area contributed by atoms with Crippen molar-refractivity contribution in [2.75, 3.05) is 0 Å². The first-order chi connectivity index (χ1) is 16.9. The molecule has 0 spiro atoms. The number of carbonyl (C=O) groups is 3. The Labute approximate surface area is 220 Å². The van der Waals surface area contributed by atoms with E-state index in [0.717, 1.165) is 5.57 Å². The monoisotopic (exact) mass is 516 g/mol. The lowest BCUT2D eigenvalue weighted by molar-refractivity contribution is -0.142. The molecule has 0 heterocycles. The van der Waals surface area contributed by atoms with Crippen molar-refractivity contribution in [2.45, 2.75) is 105 Å². The third kappa shape index (κ3) is 3.82. The highest BCUT2D eigenvalue weighted by atomic mass is 16.4. The van der Waals surface area contributed by atoms with Gasteiger partial charge in [-0.2, -0.15) is 0 Å². The van der Waals surface area contributed by atoms with E-state index in [2.05, 4.69) is 6.92 Å². The van der Waals surface area contributed by atoms with Gasteiger partial charge in [-0.1, -0.05) is 47.1 Å². The first-order valence-corrected chi connectivity index (χ1v) is 13.7. The molecule has 2 fully saturated rings. The normalized spacial score (nSPS) is 44.1. The van der Waals surface area contributed by atoms with Gasteiger partial charge in [-0.05, 0) is 72.3 Å². The van der Waals surface area contributed by atoms with E-state index in [1.807, 2.05) is 34.6 Å². The van der Waals surface area contributed by atoms with Gasteiger partial charge in [-0.25, -0.2) is 0 Å². The lowest BCUT2D eigenvalue weighted by Gasteiger charge is -2.62. The number of fused-ring (bicyclic) bond motifs is 4. The molecule has 0 aromatic carbocycles. The van der Waals surface area contributed by atoms with Crippen LogP contribution in [-0.2, 0) is 14.4 Å². The number of carboxylic acids is 1. The highest BCUT2D eigenvalue weighted by Crippen LogP contribution is 2.71. The average Bonchev–Trinajstić information content (AvgIpc) is 2.99. The maximum absolute atomic E-state index is 14.1. The van der Waals surface area contributed by atoms with Gasteiger partial charge in [0.2, 0.25) is 0 Å². The SMILES string of the molecule is CC(=CC(=O)CC(C)C(=O)O)[C@H]1C[C@H](O)[C@@]2(C)C3=C(C(=O)C[C@]12C)[C@@]1(C)CC[C@H](O)C(C)(C)[C@@H]1C[C@@H]3O. The molecule has 0 aromatic heterocycles. The van der Waals surface area contributed by atoms with Gasteiger partial charge in [0.1, 0.15) is 0 Å². The summed E-state index contributed by atoms with van der Waals surface area (Å²) in [6.07, 6.45) is 1.39. The molecule has 2 saturated carbocycles. The van der Waals surface area contributed by atoms with Crippen LogP contribution in [0.5, 0.6) is 0 Å². The maximum atomic E-state index is 14.1. The van der Waals surface area contributed by atoms with Gasteiger partial charge in [0, 0.05) is 23.8 Å². The molecule has 0 aliphatic heterocycles. The van der Waals surface area contributed by atoms with Crippen LogP contribution in [0.3, 0.4) is 0 Å². The molecule has 0 saturated heterocycles. The Kier molecular flexibility index (Phi) is 6.74. The highest BCUT2D eigenvalue weighted by Gasteiger charge is 2.69. The van der Waals surface area contributed by atoms with Crippen LogP contribution in [0, 0.1) is 39.4 Å².